The topological polar surface area (TPSA) is 165 Å². The molecule has 13 heteroatoms. The molecule has 0 radical (unpaired) electrons. The molecule has 2 heterocycles. The predicted molar refractivity (Wildman–Crippen MR) is 163 cm³/mol. The molecule has 0 unspecified atom stereocenters. The van der Waals surface area contributed by atoms with Crippen molar-refractivity contribution in [1.82, 2.24) is 20.5 Å². The lowest BCUT2D eigenvalue weighted by molar-refractivity contribution is -0.142. The van der Waals surface area contributed by atoms with Crippen molar-refractivity contribution >= 4 is 29.2 Å². The van der Waals surface area contributed by atoms with Crippen molar-refractivity contribution in [3.63, 3.8) is 0 Å². The largest absolute Gasteiger partial charge is 0.449 e. The first-order valence-electron chi connectivity index (χ1n) is 14.6. The zero-order chi connectivity index (χ0) is 31.4. The molecule has 12 nitrogen and oxygen atoms in total. The quantitative estimate of drug-likeness (QED) is 0.219. The van der Waals surface area contributed by atoms with Crippen molar-refractivity contribution in [2.24, 2.45) is 11.1 Å². The lowest BCUT2D eigenvalue weighted by Gasteiger charge is -2.35. The van der Waals surface area contributed by atoms with Gasteiger partial charge in [-0.1, -0.05) is 45.0 Å². The highest BCUT2D eigenvalue weighted by Crippen LogP contribution is 2.28. The highest BCUT2D eigenvalue weighted by Gasteiger charge is 2.44. The van der Waals surface area contributed by atoms with Gasteiger partial charge in [0.25, 0.3) is 0 Å². The molecule has 3 atom stereocenters. The number of carbonyl (C=O) groups excluding carboxylic acids is 3. The van der Waals surface area contributed by atoms with Crippen molar-refractivity contribution in [3.05, 3.63) is 41.0 Å². The van der Waals surface area contributed by atoms with Gasteiger partial charge in [-0.2, -0.15) is 0 Å². The molecule has 1 saturated heterocycles. The number of nitrogens with zero attached hydrogens (tertiary/aromatic N) is 2. The number of ether oxygens (including phenoxy) is 3. The number of alkyl carbamates (subject to hydrolysis) is 1. The molecule has 1 aliphatic rings. The molecule has 1 fully saturated rings. The zero-order valence-electron chi connectivity index (χ0n) is 25.5. The molecule has 238 valence electrons. The third-order valence-corrected chi connectivity index (χ3v) is 7.95. The maximum absolute atomic E-state index is 13.7. The first-order chi connectivity index (χ1) is 20.5. The number of benzene rings is 1. The van der Waals surface area contributed by atoms with Crippen molar-refractivity contribution in [3.8, 4) is 10.4 Å². The van der Waals surface area contributed by atoms with Crippen molar-refractivity contribution in [1.29, 1.82) is 0 Å². The number of β-amino-alcohol motifs (C(OH)–C–C–N with tert-alkyl or cyclic N) is 1. The number of amides is 3. The number of likely N-dealkylation sites (tertiary alicyclic amines) is 1. The monoisotopic (exact) mass is 619 g/mol. The number of thiazole rings is 1. The Hall–Kier alpha value is -3.10. The van der Waals surface area contributed by atoms with Crippen LogP contribution in [0.1, 0.15) is 44.9 Å². The summed E-state index contributed by atoms with van der Waals surface area (Å²) >= 11 is 1.58. The minimum atomic E-state index is -0.973. The standard InChI is InChI=1S/C30H45N5O7S/c1-20-25(43-19-33-20)22-8-6-21(7-9-22)17-32-27(37)24-16-23(36)18-35(24)28(38)26(30(2,3)4)34-29(39)42-12-5-11-40-14-15-41-13-10-31/h6-9,19,23-24,26,36H,5,10-18,31H2,1-4H3,(H,32,37)(H,34,39)/t23-,24+,26-/m1/s1. The number of nitrogens with one attached hydrogen (secondary N) is 2. The molecule has 0 bridgehead atoms. The second kappa shape index (κ2) is 16.7. The molecule has 3 amide bonds. The number of aliphatic hydroxyl groups is 1. The fourth-order valence-electron chi connectivity index (χ4n) is 4.67. The molecule has 1 aliphatic heterocycles. The summed E-state index contributed by atoms with van der Waals surface area (Å²) in [5.74, 6) is -0.817. The van der Waals surface area contributed by atoms with Gasteiger partial charge in [-0.25, -0.2) is 9.78 Å². The van der Waals surface area contributed by atoms with Gasteiger partial charge in [-0.15, -0.1) is 11.3 Å². The van der Waals surface area contributed by atoms with Gasteiger partial charge >= 0.3 is 6.09 Å². The van der Waals surface area contributed by atoms with Gasteiger partial charge in [-0.05, 0) is 23.5 Å². The molecule has 5 N–H and O–H groups in total. The van der Waals surface area contributed by atoms with E-state index in [2.05, 4.69) is 15.6 Å². The molecule has 0 aliphatic carbocycles. The first-order valence-corrected chi connectivity index (χ1v) is 15.4. The highest BCUT2D eigenvalue weighted by atomic mass is 32.1. The van der Waals surface area contributed by atoms with Crippen LogP contribution in [-0.4, -0.2) is 97.2 Å². The van der Waals surface area contributed by atoms with E-state index >= 15 is 0 Å². The third kappa shape index (κ3) is 10.5. The van der Waals surface area contributed by atoms with Gasteiger partial charge in [0.15, 0.2) is 0 Å². The molecular weight excluding hydrogens is 574 g/mol. The summed E-state index contributed by atoms with van der Waals surface area (Å²) in [5.41, 5.74) is 9.41. The summed E-state index contributed by atoms with van der Waals surface area (Å²) in [5, 5.41) is 16.0. The summed E-state index contributed by atoms with van der Waals surface area (Å²) in [4.78, 5) is 46.2. The molecule has 1 aromatic heterocycles. The predicted octanol–water partition coefficient (Wildman–Crippen LogP) is 2.22. The van der Waals surface area contributed by atoms with E-state index in [0.717, 1.165) is 21.7 Å². The Morgan fingerprint density at radius 3 is 2.44 bits per heavy atom. The van der Waals surface area contributed by atoms with Crippen LogP contribution >= 0.6 is 11.3 Å². The Morgan fingerprint density at radius 1 is 1.12 bits per heavy atom. The van der Waals surface area contributed by atoms with E-state index in [4.69, 9.17) is 19.9 Å². The Labute approximate surface area is 257 Å². The van der Waals surface area contributed by atoms with Gasteiger partial charge in [-0.3, -0.25) is 9.59 Å². The number of rotatable bonds is 15. The average molecular weight is 620 g/mol. The summed E-state index contributed by atoms with van der Waals surface area (Å²) in [7, 11) is 0. The molecule has 43 heavy (non-hydrogen) atoms. The minimum Gasteiger partial charge on any atom is -0.449 e. The Morgan fingerprint density at radius 2 is 1.81 bits per heavy atom. The summed E-state index contributed by atoms with van der Waals surface area (Å²) < 4.78 is 15.9. The van der Waals surface area contributed by atoms with E-state index in [1.54, 1.807) is 11.3 Å². The van der Waals surface area contributed by atoms with E-state index in [9.17, 15) is 19.5 Å². The van der Waals surface area contributed by atoms with Crippen LogP contribution in [0.15, 0.2) is 29.8 Å². The number of hydrogen-bond donors (Lipinski definition) is 4. The smallest absolute Gasteiger partial charge is 0.407 e. The van der Waals surface area contributed by atoms with Gasteiger partial charge in [0.05, 0.1) is 48.6 Å². The van der Waals surface area contributed by atoms with E-state index < -0.39 is 35.6 Å². The third-order valence-electron chi connectivity index (χ3n) is 6.97. The number of aromatic nitrogens is 1. The summed E-state index contributed by atoms with van der Waals surface area (Å²) in [6.45, 7) is 9.97. The van der Waals surface area contributed by atoms with Gasteiger partial charge in [0, 0.05) is 39.1 Å². The summed E-state index contributed by atoms with van der Waals surface area (Å²) in [6.07, 6.45) is -1.00. The minimum absolute atomic E-state index is 0.00451. The van der Waals surface area contributed by atoms with E-state index in [1.807, 2.05) is 57.5 Å². The van der Waals surface area contributed by atoms with Gasteiger partial charge in [0.2, 0.25) is 11.8 Å². The average Bonchev–Trinajstić information content (AvgIpc) is 3.58. The molecule has 3 rings (SSSR count). The molecule has 1 aromatic carbocycles. The lowest BCUT2D eigenvalue weighted by Crippen LogP contribution is -2.57. The molecular formula is C30H45N5O7S. The normalized spacial score (nSPS) is 17.5. The first kappa shape index (κ1) is 34.4. The SMILES string of the molecule is Cc1ncsc1-c1ccc(CNC(=O)[C@@H]2C[C@@H](O)CN2C(=O)[C@@H](NC(=O)OCCCOCCOCCN)C(C)(C)C)cc1. The van der Waals surface area contributed by atoms with Crippen LogP contribution in [-0.2, 0) is 30.3 Å². The van der Waals surface area contributed by atoms with Crippen molar-refractivity contribution in [2.45, 2.75) is 65.3 Å². The Bertz CT molecular complexity index is 1180. The van der Waals surface area contributed by atoms with Gasteiger partial charge < -0.3 is 40.6 Å². The summed E-state index contributed by atoms with van der Waals surface area (Å²) in [6, 6.07) is 6.02. The van der Waals surface area contributed by atoms with Crippen molar-refractivity contribution < 1.29 is 33.7 Å². The van der Waals surface area contributed by atoms with E-state index in [-0.39, 0.29) is 32.0 Å². The van der Waals surface area contributed by atoms with Crippen molar-refractivity contribution in [2.75, 3.05) is 46.1 Å². The second-order valence-corrected chi connectivity index (χ2v) is 12.4. The zero-order valence-corrected chi connectivity index (χ0v) is 26.3. The van der Waals surface area contributed by atoms with Crippen LogP contribution in [0.3, 0.4) is 0 Å². The number of aryl methyl sites for hydroxylation is 1. The Kier molecular flexibility index (Phi) is 13.3. The second-order valence-electron chi connectivity index (χ2n) is 11.5. The maximum Gasteiger partial charge on any atom is 0.407 e. The number of aliphatic hydroxyl groups excluding tert-OH is 1. The number of nitrogens with two attached hydrogens (primary N) is 1. The molecule has 0 spiro atoms. The fraction of sp³-hybridized carbons (Fsp3) is 0.600. The number of carbonyl (C=O) groups is 3. The van der Waals surface area contributed by atoms with Crippen LogP contribution in [0.4, 0.5) is 4.79 Å². The number of hydrogen-bond acceptors (Lipinski definition) is 10. The molecule has 0 saturated carbocycles. The maximum atomic E-state index is 13.7. The molecule has 2 aromatic rings. The van der Waals surface area contributed by atoms with E-state index in [1.165, 1.54) is 4.90 Å². The van der Waals surface area contributed by atoms with Crippen LogP contribution in [0.2, 0.25) is 0 Å². The fourth-order valence-corrected chi connectivity index (χ4v) is 5.48. The van der Waals surface area contributed by atoms with Crippen LogP contribution in [0.25, 0.3) is 10.4 Å². The van der Waals surface area contributed by atoms with Crippen LogP contribution in [0, 0.1) is 12.3 Å². The van der Waals surface area contributed by atoms with Gasteiger partial charge in [0.1, 0.15) is 12.1 Å². The lowest BCUT2D eigenvalue weighted by atomic mass is 9.85. The highest BCUT2D eigenvalue weighted by molar-refractivity contribution is 7.13. The van der Waals surface area contributed by atoms with Crippen LogP contribution < -0.4 is 16.4 Å². The van der Waals surface area contributed by atoms with E-state index in [0.29, 0.717) is 39.4 Å². The Balaban J connectivity index is 1.52. The van der Waals surface area contributed by atoms with Crippen LogP contribution in [0.5, 0.6) is 0 Å².